The Balaban J connectivity index is 1.78. The Morgan fingerprint density at radius 2 is 1.75 bits per heavy atom. The van der Waals surface area contributed by atoms with Crippen molar-refractivity contribution < 1.29 is 14.6 Å². The summed E-state index contributed by atoms with van der Waals surface area (Å²) >= 11 is 0. The molecule has 0 saturated heterocycles. The molecule has 1 aliphatic rings. The highest BCUT2D eigenvalue weighted by molar-refractivity contribution is 5.65. The summed E-state index contributed by atoms with van der Waals surface area (Å²) in [4.78, 5) is 14.1. The predicted octanol–water partition coefficient (Wildman–Crippen LogP) is 6.49. The molecule has 0 radical (unpaired) electrons. The molecule has 0 bridgehead atoms. The Kier molecular flexibility index (Phi) is 9.12. The van der Waals surface area contributed by atoms with Crippen molar-refractivity contribution >= 4 is 6.09 Å². The van der Waals surface area contributed by atoms with E-state index in [1.807, 2.05) is 48.5 Å². The average Bonchev–Trinajstić information content (AvgIpc) is 2.83. The van der Waals surface area contributed by atoms with Gasteiger partial charge in [0.05, 0.1) is 19.3 Å². The van der Waals surface area contributed by atoms with Gasteiger partial charge in [0.25, 0.3) is 0 Å². The first-order chi connectivity index (χ1) is 15.6. The van der Waals surface area contributed by atoms with E-state index in [9.17, 15) is 9.90 Å². The standard InChI is InChI=1S/C28H35NO3/c1-2-3-17-28(18-11-6-12-19-28)23-29(27(30)31)26(20-24-13-7-4-8-14-24)22-32-21-25-15-9-5-10-16-25/h4-16,18,26H,2-3,17,19-23H2,1H3,(H,30,31)/t26-,28?/m0/s1. The maximum absolute atomic E-state index is 12.5. The first-order valence-corrected chi connectivity index (χ1v) is 11.6. The molecule has 2 aromatic rings. The predicted molar refractivity (Wildman–Crippen MR) is 130 cm³/mol. The number of unbranched alkanes of at least 4 members (excludes halogenated alkanes) is 1. The van der Waals surface area contributed by atoms with Gasteiger partial charge in [0.1, 0.15) is 0 Å². The molecule has 3 rings (SSSR count). The monoisotopic (exact) mass is 433 g/mol. The van der Waals surface area contributed by atoms with Crippen molar-refractivity contribution in [2.45, 2.75) is 51.7 Å². The van der Waals surface area contributed by atoms with Crippen LogP contribution in [0.25, 0.3) is 0 Å². The molecule has 0 fully saturated rings. The lowest BCUT2D eigenvalue weighted by Gasteiger charge is -2.39. The molecule has 0 saturated carbocycles. The Morgan fingerprint density at radius 3 is 2.34 bits per heavy atom. The summed E-state index contributed by atoms with van der Waals surface area (Å²) in [5.41, 5.74) is 2.05. The first kappa shape index (κ1) is 23.8. The minimum absolute atomic E-state index is 0.155. The van der Waals surface area contributed by atoms with Gasteiger partial charge in [-0.3, -0.25) is 0 Å². The molecule has 0 spiro atoms. The molecule has 170 valence electrons. The fourth-order valence-electron chi connectivity index (χ4n) is 4.34. The van der Waals surface area contributed by atoms with E-state index in [1.165, 1.54) is 0 Å². The van der Waals surface area contributed by atoms with E-state index in [2.05, 4.69) is 43.4 Å². The Labute approximate surface area is 192 Å². The van der Waals surface area contributed by atoms with Crippen molar-refractivity contribution in [1.29, 1.82) is 0 Å². The van der Waals surface area contributed by atoms with Crippen LogP contribution in [0.4, 0.5) is 4.79 Å². The number of rotatable bonds is 12. The van der Waals surface area contributed by atoms with Crippen LogP contribution >= 0.6 is 0 Å². The molecule has 0 aromatic heterocycles. The van der Waals surface area contributed by atoms with E-state index in [1.54, 1.807) is 4.90 Å². The van der Waals surface area contributed by atoms with Crippen LogP contribution in [0.2, 0.25) is 0 Å². The fraction of sp³-hybridized carbons (Fsp3) is 0.393. The highest BCUT2D eigenvalue weighted by Crippen LogP contribution is 2.35. The highest BCUT2D eigenvalue weighted by Gasteiger charge is 2.34. The van der Waals surface area contributed by atoms with Crippen molar-refractivity contribution in [3.63, 3.8) is 0 Å². The molecule has 1 unspecified atom stereocenters. The summed E-state index contributed by atoms with van der Waals surface area (Å²) in [6.07, 6.45) is 12.3. The lowest BCUT2D eigenvalue weighted by atomic mass is 9.76. The molecule has 1 amide bonds. The molecular weight excluding hydrogens is 398 g/mol. The second kappa shape index (κ2) is 12.3. The van der Waals surface area contributed by atoms with Gasteiger partial charge in [0, 0.05) is 12.0 Å². The van der Waals surface area contributed by atoms with Crippen LogP contribution in [0.3, 0.4) is 0 Å². The number of nitrogens with zero attached hydrogens (tertiary/aromatic N) is 1. The Morgan fingerprint density at radius 1 is 1.06 bits per heavy atom. The minimum atomic E-state index is -0.881. The molecule has 2 atom stereocenters. The first-order valence-electron chi connectivity index (χ1n) is 11.6. The van der Waals surface area contributed by atoms with E-state index in [-0.39, 0.29) is 11.5 Å². The molecule has 1 N–H and O–H groups in total. The minimum Gasteiger partial charge on any atom is -0.465 e. The van der Waals surface area contributed by atoms with Crippen molar-refractivity contribution in [2.24, 2.45) is 5.41 Å². The SMILES string of the molecule is CCCCC1(CN(C(=O)O)[C@H](COCc2ccccc2)Cc2ccccc2)C=CC=CC1. The summed E-state index contributed by atoms with van der Waals surface area (Å²) in [6, 6.07) is 19.9. The molecule has 2 aromatic carbocycles. The number of hydrogen-bond donors (Lipinski definition) is 1. The molecule has 4 heteroatoms. The Bertz CT molecular complexity index is 878. The lowest BCUT2D eigenvalue weighted by molar-refractivity contribution is 0.0357. The number of ether oxygens (including phenoxy) is 1. The number of amides is 1. The second-order valence-electron chi connectivity index (χ2n) is 8.71. The van der Waals surface area contributed by atoms with Gasteiger partial charge in [-0.2, -0.15) is 0 Å². The van der Waals surface area contributed by atoms with Crippen LogP contribution in [0, 0.1) is 5.41 Å². The largest absolute Gasteiger partial charge is 0.465 e. The number of hydrogen-bond acceptors (Lipinski definition) is 2. The average molecular weight is 434 g/mol. The zero-order chi connectivity index (χ0) is 22.7. The maximum Gasteiger partial charge on any atom is 0.407 e. The third kappa shape index (κ3) is 7.10. The van der Waals surface area contributed by atoms with Crippen molar-refractivity contribution in [2.75, 3.05) is 13.2 Å². The van der Waals surface area contributed by atoms with Gasteiger partial charge in [0.15, 0.2) is 0 Å². The van der Waals surface area contributed by atoms with Gasteiger partial charge in [-0.25, -0.2) is 4.79 Å². The van der Waals surface area contributed by atoms with Crippen LogP contribution in [-0.2, 0) is 17.8 Å². The zero-order valence-electron chi connectivity index (χ0n) is 19.0. The van der Waals surface area contributed by atoms with Crippen LogP contribution in [0.1, 0.15) is 43.7 Å². The smallest absolute Gasteiger partial charge is 0.407 e. The van der Waals surface area contributed by atoms with Crippen LogP contribution in [0.15, 0.2) is 85.0 Å². The summed E-state index contributed by atoms with van der Waals surface area (Å²) < 4.78 is 6.05. The molecule has 1 aliphatic carbocycles. The van der Waals surface area contributed by atoms with Crippen LogP contribution < -0.4 is 0 Å². The fourth-order valence-corrected chi connectivity index (χ4v) is 4.34. The van der Waals surface area contributed by atoms with E-state index >= 15 is 0 Å². The van der Waals surface area contributed by atoms with Gasteiger partial charge in [-0.15, -0.1) is 0 Å². The number of carbonyl (C=O) groups is 1. The summed E-state index contributed by atoms with van der Waals surface area (Å²) in [5.74, 6) is 0. The van der Waals surface area contributed by atoms with Gasteiger partial charge < -0.3 is 14.7 Å². The van der Waals surface area contributed by atoms with Crippen LogP contribution in [-0.4, -0.2) is 35.3 Å². The van der Waals surface area contributed by atoms with Crippen LogP contribution in [0.5, 0.6) is 0 Å². The third-order valence-electron chi connectivity index (χ3n) is 6.16. The lowest BCUT2D eigenvalue weighted by Crippen LogP contribution is -2.49. The second-order valence-corrected chi connectivity index (χ2v) is 8.71. The number of allylic oxidation sites excluding steroid dienone is 3. The summed E-state index contributed by atoms with van der Waals surface area (Å²) in [6.45, 7) is 3.50. The third-order valence-corrected chi connectivity index (χ3v) is 6.16. The van der Waals surface area contributed by atoms with Crippen molar-refractivity contribution in [1.82, 2.24) is 4.90 Å². The van der Waals surface area contributed by atoms with Crippen molar-refractivity contribution in [3.05, 3.63) is 96.1 Å². The number of carboxylic acid groups (broad SMARTS) is 1. The van der Waals surface area contributed by atoms with E-state index in [0.717, 1.165) is 36.8 Å². The number of benzene rings is 2. The van der Waals surface area contributed by atoms with E-state index in [0.29, 0.717) is 26.2 Å². The van der Waals surface area contributed by atoms with E-state index < -0.39 is 6.09 Å². The molecule has 0 aliphatic heterocycles. The molecule has 4 nitrogen and oxygen atoms in total. The van der Waals surface area contributed by atoms with Gasteiger partial charge >= 0.3 is 6.09 Å². The van der Waals surface area contributed by atoms with Gasteiger partial charge in [-0.1, -0.05) is 105 Å². The molecule has 0 heterocycles. The quantitative estimate of drug-likeness (QED) is 0.416. The molecule has 32 heavy (non-hydrogen) atoms. The van der Waals surface area contributed by atoms with E-state index in [4.69, 9.17) is 4.74 Å². The topological polar surface area (TPSA) is 49.8 Å². The zero-order valence-corrected chi connectivity index (χ0v) is 19.0. The Hall–Kier alpha value is -2.85. The summed E-state index contributed by atoms with van der Waals surface area (Å²) in [5, 5.41) is 10.2. The van der Waals surface area contributed by atoms with Gasteiger partial charge in [-0.05, 0) is 30.4 Å². The highest BCUT2D eigenvalue weighted by atomic mass is 16.5. The van der Waals surface area contributed by atoms with Gasteiger partial charge in [0.2, 0.25) is 0 Å². The maximum atomic E-state index is 12.5. The summed E-state index contributed by atoms with van der Waals surface area (Å²) in [7, 11) is 0. The van der Waals surface area contributed by atoms with Crippen molar-refractivity contribution in [3.8, 4) is 0 Å². The normalized spacial score (nSPS) is 18.4. The molecular formula is C28H35NO3.